The molecular formula is C17H30O4S. The maximum Gasteiger partial charge on any atom is 0.294 e. The minimum absolute atomic E-state index is 0.0666. The zero-order chi connectivity index (χ0) is 17.2. The molecule has 0 aliphatic rings. The molecule has 2 N–H and O–H groups in total. The number of unbranched alkanes of at least 4 members (excludes halogenated alkanes) is 3. The molecule has 0 fully saturated rings. The second kappa shape index (κ2) is 10.8. The SMILES string of the molecule is CCCCCCC(O)C(C)C.Cc1ccc(S(=O)(=O)O)cc1. The van der Waals surface area contributed by atoms with Crippen LogP contribution in [0.15, 0.2) is 29.2 Å². The van der Waals surface area contributed by atoms with E-state index in [4.69, 9.17) is 4.55 Å². The number of aliphatic hydroxyl groups is 1. The summed E-state index contributed by atoms with van der Waals surface area (Å²) < 4.78 is 29.6. The molecule has 0 saturated heterocycles. The minimum Gasteiger partial charge on any atom is -0.393 e. The summed E-state index contributed by atoms with van der Waals surface area (Å²) in [5, 5.41) is 9.43. The summed E-state index contributed by atoms with van der Waals surface area (Å²) in [4.78, 5) is -0.0666. The highest BCUT2D eigenvalue weighted by atomic mass is 32.2. The van der Waals surface area contributed by atoms with Gasteiger partial charge in [-0.25, -0.2) is 0 Å². The fourth-order valence-electron chi connectivity index (χ4n) is 1.82. The molecule has 1 rings (SSSR count). The summed E-state index contributed by atoms with van der Waals surface area (Å²) >= 11 is 0. The van der Waals surface area contributed by atoms with E-state index in [0.29, 0.717) is 5.92 Å². The fourth-order valence-corrected chi connectivity index (χ4v) is 2.30. The van der Waals surface area contributed by atoms with Crippen molar-refractivity contribution in [1.29, 1.82) is 0 Å². The summed E-state index contributed by atoms with van der Waals surface area (Å²) in [6.07, 6.45) is 5.96. The van der Waals surface area contributed by atoms with E-state index in [1.54, 1.807) is 12.1 Å². The Morgan fingerprint density at radius 3 is 2.00 bits per heavy atom. The van der Waals surface area contributed by atoms with Gasteiger partial charge in [-0.2, -0.15) is 8.42 Å². The average Bonchev–Trinajstić information content (AvgIpc) is 2.43. The lowest BCUT2D eigenvalue weighted by Crippen LogP contribution is -2.13. The highest BCUT2D eigenvalue weighted by Gasteiger charge is 2.07. The van der Waals surface area contributed by atoms with E-state index in [0.717, 1.165) is 12.0 Å². The number of rotatable bonds is 7. The van der Waals surface area contributed by atoms with Gasteiger partial charge in [0.25, 0.3) is 10.1 Å². The van der Waals surface area contributed by atoms with E-state index in [9.17, 15) is 13.5 Å². The smallest absolute Gasteiger partial charge is 0.294 e. The van der Waals surface area contributed by atoms with Crippen molar-refractivity contribution < 1.29 is 18.1 Å². The normalized spacial score (nSPS) is 12.7. The van der Waals surface area contributed by atoms with Crippen LogP contribution < -0.4 is 0 Å². The summed E-state index contributed by atoms with van der Waals surface area (Å²) in [5.74, 6) is 0.427. The third-order valence-electron chi connectivity index (χ3n) is 3.44. The van der Waals surface area contributed by atoms with E-state index in [1.165, 1.54) is 37.8 Å². The molecule has 0 spiro atoms. The fraction of sp³-hybridized carbons (Fsp3) is 0.647. The molecule has 0 heterocycles. The topological polar surface area (TPSA) is 74.6 Å². The molecular weight excluding hydrogens is 300 g/mol. The number of aryl methyl sites for hydroxylation is 1. The Kier molecular flexibility index (Phi) is 10.3. The molecule has 0 aliphatic carbocycles. The molecule has 0 aliphatic heterocycles. The van der Waals surface area contributed by atoms with Crippen molar-refractivity contribution in [3.8, 4) is 0 Å². The first-order valence-corrected chi connectivity index (χ1v) is 9.34. The molecule has 22 heavy (non-hydrogen) atoms. The standard InChI is InChI=1S/C10H22O.C7H8O3S/c1-4-5-6-7-8-10(11)9(2)3;1-6-2-4-7(5-3-6)11(8,9)10/h9-11H,4-8H2,1-3H3;2-5H,1H3,(H,8,9,10). The Balaban J connectivity index is 0.000000401. The lowest BCUT2D eigenvalue weighted by Gasteiger charge is -2.13. The first-order chi connectivity index (χ1) is 10.2. The monoisotopic (exact) mass is 330 g/mol. The molecule has 1 atom stereocenters. The Hall–Kier alpha value is -0.910. The maximum absolute atomic E-state index is 10.5. The molecule has 0 saturated carbocycles. The number of hydrogen-bond donors (Lipinski definition) is 2. The predicted octanol–water partition coefficient (Wildman–Crippen LogP) is 4.22. The van der Waals surface area contributed by atoms with E-state index in [-0.39, 0.29) is 11.0 Å². The van der Waals surface area contributed by atoms with Crippen LogP contribution in [-0.4, -0.2) is 24.2 Å². The molecule has 0 bridgehead atoms. The largest absolute Gasteiger partial charge is 0.393 e. The van der Waals surface area contributed by atoms with Crippen molar-refractivity contribution in [3.05, 3.63) is 29.8 Å². The Morgan fingerprint density at radius 2 is 1.59 bits per heavy atom. The number of hydrogen-bond acceptors (Lipinski definition) is 3. The minimum atomic E-state index is -4.02. The average molecular weight is 330 g/mol. The highest BCUT2D eigenvalue weighted by Crippen LogP contribution is 2.11. The summed E-state index contributed by atoms with van der Waals surface area (Å²) in [5.41, 5.74) is 0.956. The predicted molar refractivity (Wildman–Crippen MR) is 90.6 cm³/mol. The van der Waals surface area contributed by atoms with E-state index >= 15 is 0 Å². The molecule has 1 aromatic carbocycles. The van der Waals surface area contributed by atoms with Crippen LogP contribution in [0.4, 0.5) is 0 Å². The summed E-state index contributed by atoms with van der Waals surface area (Å²) in [6, 6.07) is 5.99. The second-order valence-corrected chi connectivity index (χ2v) is 7.37. The molecule has 5 heteroatoms. The van der Waals surface area contributed by atoms with Gasteiger partial charge in [0.1, 0.15) is 0 Å². The number of benzene rings is 1. The van der Waals surface area contributed by atoms with Crippen molar-refractivity contribution >= 4 is 10.1 Å². The molecule has 4 nitrogen and oxygen atoms in total. The van der Waals surface area contributed by atoms with Gasteiger partial charge in [0.15, 0.2) is 0 Å². The van der Waals surface area contributed by atoms with E-state index in [2.05, 4.69) is 20.8 Å². The third kappa shape index (κ3) is 9.92. The zero-order valence-electron chi connectivity index (χ0n) is 14.1. The van der Waals surface area contributed by atoms with Gasteiger partial charge in [-0.3, -0.25) is 4.55 Å². The maximum atomic E-state index is 10.5. The van der Waals surface area contributed by atoms with Crippen molar-refractivity contribution in [3.63, 3.8) is 0 Å². The Bertz CT molecular complexity index is 492. The van der Waals surface area contributed by atoms with Gasteiger partial charge in [-0.15, -0.1) is 0 Å². The van der Waals surface area contributed by atoms with Crippen LogP contribution in [0, 0.1) is 12.8 Å². The number of aliphatic hydroxyl groups excluding tert-OH is 1. The van der Waals surface area contributed by atoms with Gasteiger partial charge in [-0.1, -0.05) is 64.2 Å². The van der Waals surface area contributed by atoms with Gasteiger partial charge in [0.05, 0.1) is 11.0 Å². The van der Waals surface area contributed by atoms with Gasteiger partial charge in [0.2, 0.25) is 0 Å². The van der Waals surface area contributed by atoms with Crippen LogP contribution in [0.5, 0.6) is 0 Å². The summed E-state index contributed by atoms with van der Waals surface area (Å²) in [7, 11) is -4.02. The Morgan fingerprint density at radius 1 is 1.05 bits per heavy atom. The van der Waals surface area contributed by atoms with Crippen molar-refractivity contribution in [2.24, 2.45) is 5.92 Å². The molecule has 0 amide bonds. The van der Waals surface area contributed by atoms with Crippen LogP contribution in [0.3, 0.4) is 0 Å². The van der Waals surface area contributed by atoms with E-state index < -0.39 is 10.1 Å². The molecule has 0 radical (unpaired) electrons. The lowest BCUT2D eigenvalue weighted by atomic mass is 10.0. The van der Waals surface area contributed by atoms with Crippen molar-refractivity contribution in [2.45, 2.75) is 70.8 Å². The molecule has 1 aromatic rings. The molecule has 1 unspecified atom stereocenters. The van der Waals surface area contributed by atoms with Crippen molar-refractivity contribution in [2.75, 3.05) is 0 Å². The Labute approximate surface area is 135 Å². The van der Waals surface area contributed by atoms with Gasteiger partial charge >= 0.3 is 0 Å². The molecule has 128 valence electrons. The summed E-state index contributed by atoms with van der Waals surface area (Å²) in [6.45, 7) is 8.20. The second-order valence-electron chi connectivity index (χ2n) is 5.95. The first kappa shape index (κ1) is 21.1. The van der Waals surface area contributed by atoms with Crippen molar-refractivity contribution in [1.82, 2.24) is 0 Å². The third-order valence-corrected chi connectivity index (χ3v) is 4.31. The van der Waals surface area contributed by atoms with E-state index in [1.807, 2.05) is 6.92 Å². The molecule has 0 aromatic heterocycles. The van der Waals surface area contributed by atoms with Gasteiger partial charge < -0.3 is 5.11 Å². The zero-order valence-corrected chi connectivity index (χ0v) is 14.9. The van der Waals surface area contributed by atoms with Gasteiger partial charge in [0, 0.05) is 0 Å². The van der Waals surface area contributed by atoms with Crippen LogP contribution in [0.2, 0.25) is 0 Å². The van der Waals surface area contributed by atoms with Crippen LogP contribution in [-0.2, 0) is 10.1 Å². The van der Waals surface area contributed by atoms with Crippen LogP contribution >= 0.6 is 0 Å². The highest BCUT2D eigenvalue weighted by molar-refractivity contribution is 7.85. The quantitative estimate of drug-likeness (QED) is 0.580. The van der Waals surface area contributed by atoms with Crippen LogP contribution in [0.1, 0.15) is 58.4 Å². The lowest BCUT2D eigenvalue weighted by molar-refractivity contribution is 0.113. The van der Waals surface area contributed by atoms with Crippen LogP contribution in [0.25, 0.3) is 0 Å². The first-order valence-electron chi connectivity index (χ1n) is 7.90. The van der Waals surface area contributed by atoms with Gasteiger partial charge in [-0.05, 0) is 31.4 Å².